The van der Waals surface area contributed by atoms with E-state index in [-0.39, 0.29) is 4.21 Å². The Balaban J connectivity index is 1.57. The highest BCUT2D eigenvalue weighted by molar-refractivity contribution is 7.95. The molecule has 0 radical (unpaired) electrons. The molecule has 1 aromatic carbocycles. The van der Waals surface area contributed by atoms with Gasteiger partial charge < -0.3 is 4.52 Å². The number of thiazole rings is 1. The summed E-state index contributed by atoms with van der Waals surface area (Å²) in [5.74, 6) is 0. The van der Waals surface area contributed by atoms with Crippen LogP contribution in [0.2, 0.25) is 0 Å². The summed E-state index contributed by atoms with van der Waals surface area (Å²) >= 11 is 2.37. The van der Waals surface area contributed by atoms with Crippen molar-refractivity contribution in [3.8, 4) is 21.8 Å². The fourth-order valence-electron chi connectivity index (χ4n) is 2.17. The number of hydrogen-bond acceptors (Lipinski definition) is 7. The van der Waals surface area contributed by atoms with Gasteiger partial charge in [-0.1, -0.05) is 35.5 Å². The van der Waals surface area contributed by atoms with E-state index in [1.807, 2.05) is 35.7 Å². The summed E-state index contributed by atoms with van der Waals surface area (Å²) in [6.45, 7) is 0. The Morgan fingerprint density at radius 2 is 1.84 bits per heavy atom. The Kier molecular flexibility index (Phi) is 4.12. The largest absolute Gasteiger partial charge is 0.364 e. The number of anilines is 1. The number of rotatable bonds is 5. The maximum atomic E-state index is 12.6. The lowest BCUT2D eigenvalue weighted by atomic mass is 10.2. The van der Waals surface area contributed by atoms with Crippen LogP contribution in [-0.2, 0) is 10.0 Å². The van der Waals surface area contributed by atoms with Gasteiger partial charge in [-0.2, -0.15) is 0 Å². The molecule has 3 heterocycles. The lowest BCUT2D eigenvalue weighted by Crippen LogP contribution is -2.11. The van der Waals surface area contributed by atoms with Crippen molar-refractivity contribution in [2.75, 3.05) is 4.72 Å². The zero-order chi connectivity index (χ0) is 17.3. The van der Waals surface area contributed by atoms with E-state index in [1.165, 1.54) is 17.6 Å². The molecule has 0 spiro atoms. The van der Waals surface area contributed by atoms with Crippen molar-refractivity contribution in [1.29, 1.82) is 0 Å². The van der Waals surface area contributed by atoms with Crippen LogP contribution in [0.5, 0.6) is 0 Å². The van der Waals surface area contributed by atoms with Gasteiger partial charge in [0, 0.05) is 17.0 Å². The molecule has 4 aromatic rings. The van der Waals surface area contributed by atoms with Gasteiger partial charge in [0.1, 0.15) is 16.2 Å². The standard InChI is InChI=1S/C16H11N3O3S3/c20-25(21,15-7-6-14(24-15)12-8-9-22-18-12)19-16-17-13(10-23-16)11-4-2-1-3-5-11/h1-10H,(H,17,19). The number of thiophene rings is 1. The fourth-order valence-corrected chi connectivity index (χ4v) is 5.41. The van der Waals surface area contributed by atoms with Gasteiger partial charge in [0.05, 0.1) is 10.6 Å². The third-order valence-electron chi connectivity index (χ3n) is 3.33. The molecule has 0 unspecified atom stereocenters. The van der Waals surface area contributed by atoms with Crippen LogP contribution in [0.3, 0.4) is 0 Å². The summed E-state index contributed by atoms with van der Waals surface area (Å²) in [6, 6.07) is 14.5. The molecule has 0 fully saturated rings. The minimum Gasteiger partial charge on any atom is -0.364 e. The van der Waals surface area contributed by atoms with Crippen LogP contribution in [0.4, 0.5) is 5.13 Å². The molecule has 0 atom stereocenters. The molecule has 0 aliphatic carbocycles. The van der Waals surface area contributed by atoms with Crippen molar-refractivity contribution in [3.05, 3.63) is 60.2 Å². The summed E-state index contributed by atoms with van der Waals surface area (Å²) in [4.78, 5) is 5.07. The normalized spacial score (nSPS) is 11.5. The molecule has 0 saturated carbocycles. The molecule has 25 heavy (non-hydrogen) atoms. The highest BCUT2D eigenvalue weighted by atomic mass is 32.2. The summed E-state index contributed by atoms with van der Waals surface area (Å²) in [5.41, 5.74) is 2.28. The van der Waals surface area contributed by atoms with Crippen LogP contribution in [0.15, 0.2) is 68.9 Å². The molecule has 0 bridgehead atoms. The minimum atomic E-state index is -3.69. The predicted molar refractivity (Wildman–Crippen MR) is 98.2 cm³/mol. The Labute approximate surface area is 151 Å². The predicted octanol–water partition coefficient (Wildman–Crippen LogP) is 4.33. The number of nitrogens with zero attached hydrogens (tertiary/aromatic N) is 2. The summed E-state index contributed by atoms with van der Waals surface area (Å²) in [7, 11) is -3.69. The Bertz CT molecular complexity index is 1080. The van der Waals surface area contributed by atoms with Crippen molar-refractivity contribution in [2.24, 2.45) is 0 Å². The van der Waals surface area contributed by atoms with Crippen LogP contribution in [-0.4, -0.2) is 18.6 Å². The first kappa shape index (κ1) is 16.0. The van der Waals surface area contributed by atoms with Crippen molar-refractivity contribution in [3.63, 3.8) is 0 Å². The SMILES string of the molecule is O=S(=O)(Nc1nc(-c2ccccc2)cs1)c1ccc(-c2ccon2)s1. The van der Waals surface area contributed by atoms with Gasteiger partial charge in [-0.3, -0.25) is 4.72 Å². The number of aromatic nitrogens is 2. The Morgan fingerprint density at radius 1 is 1.00 bits per heavy atom. The average molecular weight is 389 g/mol. The molecule has 0 aliphatic heterocycles. The second kappa shape index (κ2) is 6.43. The van der Waals surface area contributed by atoms with Crippen LogP contribution in [0.1, 0.15) is 0 Å². The van der Waals surface area contributed by atoms with E-state index in [0.29, 0.717) is 10.8 Å². The van der Waals surface area contributed by atoms with Gasteiger partial charge in [0.15, 0.2) is 5.13 Å². The maximum Gasteiger partial charge on any atom is 0.273 e. The molecule has 3 aromatic heterocycles. The Hall–Kier alpha value is -2.49. The topological polar surface area (TPSA) is 85.1 Å². The van der Waals surface area contributed by atoms with Gasteiger partial charge in [-0.05, 0) is 12.1 Å². The van der Waals surface area contributed by atoms with E-state index in [4.69, 9.17) is 4.52 Å². The van der Waals surface area contributed by atoms with Gasteiger partial charge in [0.2, 0.25) is 0 Å². The number of nitrogens with one attached hydrogen (secondary N) is 1. The molecule has 0 saturated heterocycles. The number of hydrogen-bond donors (Lipinski definition) is 1. The van der Waals surface area contributed by atoms with E-state index >= 15 is 0 Å². The summed E-state index contributed by atoms with van der Waals surface area (Å²) in [5, 5.41) is 5.96. The van der Waals surface area contributed by atoms with E-state index in [0.717, 1.165) is 27.5 Å². The average Bonchev–Trinajstić information content (AvgIpc) is 3.36. The molecule has 0 amide bonds. The zero-order valence-electron chi connectivity index (χ0n) is 12.6. The first-order valence-corrected chi connectivity index (χ1v) is 10.3. The van der Waals surface area contributed by atoms with Gasteiger partial charge in [-0.25, -0.2) is 13.4 Å². The monoisotopic (exact) mass is 389 g/mol. The minimum absolute atomic E-state index is 0.196. The Morgan fingerprint density at radius 3 is 2.60 bits per heavy atom. The van der Waals surface area contributed by atoms with Crippen LogP contribution in [0, 0.1) is 0 Å². The highest BCUT2D eigenvalue weighted by Gasteiger charge is 2.20. The molecule has 6 nitrogen and oxygen atoms in total. The second-order valence-corrected chi connectivity index (χ2v) is 8.86. The third-order valence-corrected chi connectivity index (χ3v) is 7.16. The number of sulfonamides is 1. The first-order valence-electron chi connectivity index (χ1n) is 7.16. The second-order valence-electron chi connectivity index (χ2n) is 5.01. The van der Waals surface area contributed by atoms with Crippen LogP contribution >= 0.6 is 22.7 Å². The summed E-state index contributed by atoms with van der Waals surface area (Å²) < 4.78 is 32.6. The van der Waals surface area contributed by atoms with E-state index < -0.39 is 10.0 Å². The molecular weight excluding hydrogens is 378 g/mol. The number of benzene rings is 1. The van der Waals surface area contributed by atoms with E-state index in [1.54, 1.807) is 18.2 Å². The van der Waals surface area contributed by atoms with Crippen LogP contribution < -0.4 is 4.72 Å². The van der Waals surface area contributed by atoms with Crippen molar-refractivity contribution in [2.45, 2.75) is 4.21 Å². The summed E-state index contributed by atoms with van der Waals surface area (Å²) in [6.07, 6.45) is 1.45. The van der Waals surface area contributed by atoms with Crippen molar-refractivity contribution >= 4 is 37.8 Å². The molecule has 0 aliphatic rings. The molecular formula is C16H11N3O3S3. The lowest BCUT2D eigenvalue weighted by molar-refractivity contribution is 0.422. The lowest BCUT2D eigenvalue weighted by Gasteiger charge is -2.01. The smallest absolute Gasteiger partial charge is 0.273 e. The van der Waals surface area contributed by atoms with Gasteiger partial charge in [0.25, 0.3) is 10.0 Å². The van der Waals surface area contributed by atoms with E-state index in [9.17, 15) is 8.42 Å². The maximum absolute atomic E-state index is 12.6. The van der Waals surface area contributed by atoms with Gasteiger partial charge >= 0.3 is 0 Å². The zero-order valence-corrected chi connectivity index (χ0v) is 15.1. The molecule has 126 valence electrons. The van der Waals surface area contributed by atoms with Crippen molar-refractivity contribution < 1.29 is 12.9 Å². The molecule has 4 rings (SSSR count). The molecule has 1 N–H and O–H groups in total. The van der Waals surface area contributed by atoms with Crippen LogP contribution in [0.25, 0.3) is 21.8 Å². The third kappa shape index (κ3) is 3.34. The first-order chi connectivity index (χ1) is 12.1. The quantitative estimate of drug-likeness (QED) is 0.549. The van der Waals surface area contributed by atoms with Crippen molar-refractivity contribution in [1.82, 2.24) is 10.1 Å². The van der Waals surface area contributed by atoms with Gasteiger partial charge in [-0.15, -0.1) is 22.7 Å². The molecule has 9 heteroatoms. The highest BCUT2D eigenvalue weighted by Crippen LogP contribution is 2.32. The van der Waals surface area contributed by atoms with E-state index in [2.05, 4.69) is 14.9 Å². The fraction of sp³-hybridized carbons (Fsp3) is 0.